The third-order valence-corrected chi connectivity index (χ3v) is 5.78. The first-order valence-electron chi connectivity index (χ1n) is 9.54. The molecule has 1 aromatic rings. The molecule has 0 aliphatic carbocycles. The summed E-state index contributed by atoms with van der Waals surface area (Å²) in [6.07, 6.45) is 7.37. The van der Waals surface area contributed by atoms with Crippen molar-refractivity contribution in [3.05, 3.63) is 23.8 Å². The number of carbonyl (C=O) groups excluding carboxylic acids is 1. The molecule has 3 rings (SSSR count). The van der Waals surface area contributed by atoms with E-state index < -0.39 is 0 Å². The fourth-order valence-electron chi connectivity index (χ4n) is 4.66. The minimum absolute atomic E-state index is 0.0285. The third-order valence-electron chi connectivity index (χ3n) is 5.78. The highest BCUT2D eigenvalue weighted by molar-refractivity contribution is 5.95. The molecule has 2 bridgehead atoms. The molecular formula is C20H31N2O3+. The number of methoxy groups -OCH3 is 2. The standard InChI is InChI=1S/C20H30N2O3/c1-4-8-22-16-6-5-7-17(22)12-15(11-16)21-20(23)14-9-18(24-2)13-19(10-14)25-3/h9-10,13,15-17H,4-8,11-12H2,1-3H3,(H,21,23)/p+1/t15?,16-,17+. The Bertz CT molecular complexity index is 568. The molecule has 2 unspecified atom stereocenters. The largest absolute Gasteiger partial charge is 0.497 e. The first-order chi connectivity index (χ1) is 12.1. The first kappa shape index (κ1) is 18.1. The average Bonchev–Trinajstić information content (AvgIpc) is 2.62. The lowest BCUT2D eigenvalue weighted by Gasteiger charge is -2.46. The Labute approximate surface area is 150 Å². The normalized spacial score (nSPS) is 28.3. The molecule has 25 heavy (non-hydrogen) atoms. The summed E-state index contributed by atoms with van der Waals surface area (Å²) in [5, 5.41) is 3.27. The highest BCUT2D eigenvalue weighted by Gasteiger charge is 2.41. The van der Waals surface area contributed by atoms with Gasteiger partial charge in [-0.2, -0.15) is 0 Å². The van der Waals surface area contributed by atoms with Crippen molar-refractivity contribution in [2.24, 2.45) is 0 Å². The Hall–Kier alpha value is -1.75. The zero-order chi connectivity index (χ0) is 17.8. The van der Waals surface area contributed by atoms with Gasteiger partial charge in [0.2, 0.25) is 0 Å². The predicted molar refractivity (Wildman–Crippen MR) is 97.6 cm³/mol. The Morgan fingerprint density at radius 2 is 1.72 bits per heavy atom. The van der Waals surface area contributed by atoms with Crippen LogP contribution in [0.1, 0.15) is 55.8 Å². The minimum atomic E-state index is -0.0285. The van der Waals surface area contributed by atoms with Crippen molar-refractivity contribution in [1.29, 1.82) is 0 Å². The van der Waals surface area contributed by atoms with Gasteiger partial charge in [-0.1, -0.05) is 6.92 Å². The molecule has 1 aromatic carbocycles. The van der Waals surface area contributed by atoms with E-state index in [0.29, 0.717) is 29.1 Å². The molecule has 0 radical (unpaired) electrons. The van der Waals surface area contributed by atoms with Gasteiger partial charge in [0.15, 0.2) is 0 Å². The van der Waals surface area contributed by atoms with E-state index in [9.17, 15) is 4.79 Å². The molecule has 2 fully saturated rings. The second kappa shape index (κ2) is 8.09. The molecule has 0 aromatic heterocycles. The number of hydrogen-bond acceptors (Lipinski definition) is 3. The van der Waals surface area contributed by atoms with E-state index in [0.717, 1.165) is 12.8 Å². The second-order valence-corrected chi connectivity index (χ2v) is 7.39. The van der Waals surface area contributed by atoms with Crippen molar-refractivity contribution in [1.82, 2.24) is 5.32 Å². The number of quaternary nitrogens is 1. The number of amides is 1. The molecule has 5 heteroatoms. The number of nitrogens with one attached hydrogen (secondary N) is 2. The van der Waals surface area contributed by atoms with Gasteiger partial charge < -0.3 is 19.7 Å². The first-order valence-corrected chi connectivity index (χ1v) is 9.54. The fourth-order valence-corrected chi connectivity index (χ4v) is 4.66. The van der Waals surface area contributed by atoms with Crippen LogP contribution in [-0.4, -0.2) is 44.8 Å². The molecule has 0 spiro atoms. The van der Waals surface area contributed by atoms with Crippen molar-refractivity contribution in [2.45, 2.75) is 63.6 Å². The number of ether oxygens (including phenoxy) is 2. The molecule has 5 nitrogen and oxygen atoms in total. The summed E-state index contributed by atoms with van der Waals surface area (Å²) in [4.78, 5) is 14.5. The second-order valence-electron chi connectivity index (χ2n) is 7.39. The van der Waals surface area contributed by atoms with Crippen molar-refractivity contribution >= 4 is 5.91 Å². The molecule has 2 N–H and O–H groups in total. The van der Waals surface area contributed by atoms with E-state index in [1.807, 2.05) is 0 Å². The van der Waals surface area contributed by atoms with Crippen LogP contribution in [0.4, 0.5) is 0 Å². The Balaban J connectivity index is 1.68. The summed E-state index contributed by atoms with van der Waals surface area (Å²) in [5.74, 6) is 1.26. The van der Waals surface area contributed by atoms with Gasteiger partial charge in [0.05, 0.1) is 32.8 Å². The van der Waals surface area contributed by atoms with Crippen molar-refractivity contribution < 1.29 is 19.2 Å². The zero-order valence-corrected chi connectivity index (χ0v) is 15.6. The molecule has 2 saturated heterocycles. The van der Waals surface area contributed by atoms with Crippen molar-refractivity contribution in [3.63, 3.8) is 0 Å². The van der Waals surface area contributed by atoms with Gasteiger partial charge in [0.1, 0.15) is 11.5 Å². The maximum Gasteiger partial charge on any atom is 0.251 e. The number of fused-ring (bicyclic) bond motifs is 2. The number of piperidine rings is 2. The van der Waals surface area contributed by atoms with Gasteiger partial charge in [-0.15, -0.1) is 0 Å². The zero-order valence-electron chi connectivity index (χ0n) is 15.6. The molecule has 4 atom stereocenters. The van der Waals surface area contributed by atoms with Crippen molar-refractivity contribution in [2.75, 3.05) is 20.8 Å². The van der Waals surface area contributed by atoms with E-state index in [1.165, 1.54) is 32.2 Å². The fraction of sp³-hybridized carbons (Fsp3) is 0.650. The Kier molecular flexibility index (Phi) is 5.84. The molecule has 0 saturated carbocycles. The summed E-state index contributed by atoms with van der Waals surface area (Å²) in [6.45, 7) is 3.54. The van der Waals surface area contributed by atoms with Crippen LogP contribution < -0.4 is 19.7 Å². The van der Waals surface area contributed by atoms with Gasteiger partial charge in [-0.3, -0.25) is 4.79 Å². The molecule has 2 aliphatic rings. The quantitative estimate of drug-likeness (QED) is 0.825. The summed E-state index contributed by atoms with van der Waals surface area (Å²) in [5.41, 5.74) is 0.602. The van der Waals surface area contributed by atoms with Crippen LogP contribution in [0.2, 0.25) is 0 Å². The van der Waals surface area contributed by atoms with Gasteiger partial charge >= 0.3 is 0 Å². The van der Waals surface area contributed by atoms with Crippen LogP contribution >= 0.6 is 0 Å². The maximum atomic E-state index is 12.7. The maximum absolute atomic E-state index is 12.7. The van der Waals surface area contributed by atoms with Gasteiger partial charge in [-0.25, -0.2) is 0 Å². The number of carbonyl (C=O) groups is 1. The molecule has 138 valence electrons. The smallest absolute Gasteiger partial charge is 0.251 e. The predicted octanol–water partition coefficient (Wildman–Crippen LogP) is 1.81. The lowest BCUT2D eigenvalue weighted by Crippen LogP contribution is -3.21. The van der Waals surface area contributed by atoms with Crippen LogP contribution in [0.3, 0.4) is 0 Å². The molecule has 2 heterocycles. The third kappa shape index (κ3) is 4.09. The Morgan fingerprint density at radius 1 is 1.12 bits per heavy atom. The number of rotatable bonds is 6. The van der Waals surface area contributed by atoms with E-state index in [-0.39, 0.29) is 11.9 Å². The van der Waals surface area contributed by atoms with Crippen LogP contribution in [0.25, 0.3) is 0 Å². The van der Waals surface area contributed by atoms with Crippen LogP contribution in [0.15, 0.2) is 18.2 Å². The highest BCUT2D eigenvalue weighted by atomic mass is 16.5. The van der Waals surface area contributed by atoms with Crippen LogP contribution in [0.5, 0.6) is 11.5 Å². The lowest BCUT2D eigenvalue weighted by molar-refractivity contribution is -0.961. The van der Waals surface area contributed by atoms with E-state index in [1.54, 1.807) is 37.3 Å². The van der Waals surface area contributed by atoms with E-state index in [4.69, 9.17) is 9.47 Å². The SMILES string of the molecule is CCC[NH+]1[C@@H]2CCC[C@H]1CC(NC(=O)c1cc(OC)cc(OC)c1)C2. The van der Waals surface area contributed by atoms with Gasteiger partial charge in [-0.05, 0) is 37.8 Å². The summed E-state index contributed by atoms with van der Waals surface area (Å²) < 4.78 is 10.6. The van der Waals surface area contributed by atoms with Crippen LogP contribution in [-0.2, 0) is 0 Å². The average molecular weight is 347 g/mol. The molecule has 1 amide bonds. The van der Waals surface area contributed by atoms with E-state index in [2.05, 4.69) is 12.2 Å². The monoisotopic (exact) mass is 347 g/mol. The number of benzene rings is 1. The molecular weight excluding hydrogens is 316 g/mol. The highest BCUT2D eigenvalue weighted by Crippen LogP contribution is 2.25. The minimum Gasteiger partial charge on any atom is -0.497 e. The van der Waals surface area contributed by atoms with Gasteiger partial charge in [0, 0.05) is 30.5 Å². The lowest BCUT2D eigenvalue weighted by atomic mass is 9.81. The van der Waals surface area contributed by atoms with Crippen molar-refractivity contribution in [3.8, 4) is 11.5 Å². The summed E-state index contributed by atoms with van der Waals surface area (Å²) in [7, 11) is 3.20. The topological polar surface area (TPSA) is 52.0 Å². The van der Waals surface area contributed by atoms with E-state index >= 15 is 0 Å². The number of hydrogen-bond donors (Lipinski definition) is 2. The summed E-state index contributed by atoms with van der Waals surface area (Å²) >= 11 is 0. The van der Waals surface area contributed by atoms with Gasteiger partial charge in [0.25, 0.3) is 5.91 Å². The van der Waals surface area contributed by atoms with Crippen LogP contribution in [0, 0.1) is 0 Å². The Morgan fingerprint density at radius 3 is 2.24 bits per heavy atom. The molecule has 2 aliphatic heterocycles. The summed E-state index contributed by atoms with van der Waals surface area (Å²) in [6, 6.07) is 7.02.